The number of aromatic nitrogens is 3. The van der Waals surface area contributed by atoms with E-state index in [2.05, 4.69) is 47.9 Å². The van der Waals surface area contributed by atoms with E-state index in [-0.39, 0.29) is 5.41 Å². The summed E-state index contributed by atoms with van der Waals surface area (Å²) in [7, 11) is 0. The lowest BCUT2D eigenvalue weighted by Gasteiger charge is -2.38. The number of fused-ring (bicyclic) bond motifs is 3. The number of H-pyrrole nitrogens is 1. The first kappa shape index (κ1) is 16.6. The smallest absolute Gasteiger partial charge is 0.407 e. The second kappa shape index (κ2) is 5.95. The lowest BCUT2D eigenvalue weighted by molar-refractivity contribution is 0.119. The van der Waals surface area contributed by atoms with Gasteiger partial charge in [-0.05, 0) is 42.7 Å². The van der Waals surface area contributed by atoms with Gasteiger partial charge in [0.2, 0.25) is 0 Å². The fourth-order valence-electron chi connectivity index (χ4n) is 4.46. The van der Waals surface area contributed by atoms with Crippen molar-refractivity contribution in [1.82, 2.24) is 19.9 Å². The van der Waals surface area contributed by atoms with Gasteiger partial charge in [-0.15, -0.1) is 0 Å². The highest BCUT2D eigenvalue weighted by atomic mass is 79.9. The molecule has 2 aliphatic heterocycles. The molecule has 0 bridgehead atoms. The number of anilines is 2. The molecule has 0 aliphatic carbocycles. The third-order valence-corrected chi connectivity index (χ3v) is 6.35. The average Bonchev–Trinajstić information content (AvgIpc) is 3.26. The molecule has 1 fully saturated rings. The molecular formula is C19H18BrN5O2. The highest BCUT2D eigenvalue weighted by Gasteiger charge is 2.46. The Bertz CT molecular complexity index is 1040. The van der Waals surface area contributed by atoms with Crippen LogP contribution in [0.5, 0.6) is 0 Å². The summed E-state index contributed by atoms with van der Waals surface area (Å²) in [5, 5.41) is 10.3. The van der Waals surface area contributed by atoms with Crippen LogP contribution in [-0.4, -0.2) is 50.7 Å². The Morgan fingerprint density at radius 1 is 1.22 bits per heavy atom. The molecule has 4 heterocycles. The van der Waals surface area contributed by atoms with Gasteiger partial charge in [0.1, 0.15) is 17.8 Å². The SMILES string of the molecule is O=C(O)N1CCC2(CC1)CN(c1ncnc3[nH]ccc13)c1ccc(Br)cc12. The zero-order valence-electron chi connectivity index (χ0n) is 14.5. The quantitative estimate of drug-likeness (QED) is 0.615. The summed E-state index contributed by atoms with van der Waals surface area (Å²) >= 11 is 3.61. The summed E-state index contributed by atoms with van der Waals surface area (Å²) in [6.07, 6.45) is 4.24. The van der Waals surface area contributed by atoms with Gasteiger partial charge in [-0.3, -0.25) is 0 Å². The molecule has 7 nitrogen and oxygen atoms in total. The predicted octanol–water partition coefficient (Wildman–Crippen LogP) is 3.88. The van der Waals surface area contributed by atoms with Crippen LogP contribution in [0.4, 0.5) is 16.3 Å². The standard InChI is InChI=1S/C19H18BrN5O2/c20-12-1-2-15-14(9-12)19(4-7-24(8-5-19)18(26)27)10-25(15)17-13-3-6-21-16(13)22-11-23-17/h1-3,6,9,11H,4-5,7-8,10H2,(H,26,27)(H,21,22,23). The minimum atomic E-state index is -0.834. The maximum Gasteiger partial charge on any atom is 0.407 e. The zero-order chi connectivity index (χ0) is 18.6. The Morgan fingerprint density at radius 2 is 2.04 bits per heavy atom. The van der Waals surface area contributed by atoms with Crippen molar-refractivity contribution < 1.29 is 9.90 Å². The van der Waals surface area contributed by atoms with Gasteiger partial charge in [0, 0.05) is 41.4 Å². The molecule has 0 saturated carbocycles. The Hall–Kier alpha value is -2.61. The fraction of sp³-hybridized carbons (Fsp3) is 0.316. The Morgan fingerprint density at radius 3 is 2.81 bits per heavy atom. The number of halogens is 1. The zero-order valence-corrected chi connectivity index (χ0v) is 16.1. The number of amides is 1. The van der Waals surface area contributed by atoms with E-state index in [0.717, 1.165) is 46.4 Å². The molecule has 1 spiro atoms. The highest BCUT2D eigenvalue weighted by Crippen LogP contribution is 2.50. The van der Waals surface area contributed by atoms with Crippen molar-refractivity contribution in [2.24, 2.45) is 0 Å². The number of benzene rings is 1. The van der Waals surface area contributed by atoms with Crippen LogP contribution in [0.2, 0.25) is 0 Å². The van der Waals surface area contributed by atoms with E-state index >= 15 is 0 Å². The number of likely N-dealkylation sites (tertiary alicyclic amines) is 1. The lowest BCUT2D eigenvalue weighted by atomic mass is 9.74. The van der Waals surface area contributed by atoms with Crippen LogP contribution in [0.15, 0.2) is 41.3 Å². The summed E-state index contributed by atoms with van der Waals surface area (Å²) in [6.45, 7) is 1.90. The van der Waals surface area contributed by atoms with Crippen LogP contribution in [0.3, 0.4) is 0 Å². The number of nitrogens with one attached hydrogen (secondary N) is 1. The number of piperidine rings is 1. The maximum absolute atomic E-state index is 11.3. The third kappa shape index (κ3) is 2.50. The van der Waals surface area contributed by atoms with Crippen molar-refractivity contribution in [1.29, 1.82) is 0 Å². The van der Waals surface area contributed by atoms with Gasteiger partial charge in [0.05, 0.1) is 5.39 Å². The van der Waals surface area contributed by atoms with E-state index in [1.807, 2.05) is 18.3 Å². The Kier molecular flexibility index (Phi) is 3.65. The van der Waals surface area contributed by atoms with Gasteiger partial charge in [-0.25, -0.2) is 14.8 Å². The molecule has 0 atom stereocenters. The first-order chi connectivity index (χ1) is 13.1. The molecule has 0 radical (unpaired) electrons. The summed E-state index contributed by atoms with van der Waals surface area (Å²) in [5.41, 5.74) is 3.16. The van der Waals surface area contributed by atoms with Gasteiger partial charge in [-0.1, -0.05) is 15.9 Å². The number of nitrogens with zero attached hydrogens (tertiary/aromatic N) is 4. The lowest BCUT2D eigenvalue weighted by Crippen LogP contribution is -2.46. The number of aromatic amines is 1. The molecule has 3 aromatic rings. The fourth-order valence-corrected chi connectivity index (χ4v) is 4.82. The van der Waals surface area contributed by atoms with Crippen LogP contribution in [0.1, 0.15) is 18.4 Å². The molecular weight excluding hydrogens is 410 g/mol. The molecule has 138 valence electrons. The van der Waals surface area contributed by atoms with Crippen molar-refractivity contribution in [3.63, 3.8) is 0 Å². The normalized spacial score (nSPS) is 18.3. The van der Waals surface area contributed by atoms with Crippen molar-refractivity contribution in [2.45, 2.75) is 18.3 Å². The summed E-state index contributed by atoms with van der Waals surface area (Å²) in [6, 6.07) is 8.35. The largest absolute Gasteiger partial charge is 0.465 e. The Balaban J connectivity index is 1.60. The molecule has 27 heavy (non-hydrogen) atoms. The number of carbonyl (C=O) groups is 1. The number of hydrogen-bond donors (Lipinski definition) is 2. The molecule has 1 aromatic carbocycles. The summed E-state index contributed by atoms with van der Waals surface area (Å²) < 4.78 is 1.04. The molecule has 1 amide bonds. The molecule has 1 saturated heterocycles. The third-order valence-electron chi connectivity index (χ3n) is 5.86. The molecule has 2 aromatic heterocycles. The first-order valence-electron chi connectivity index (χ1n) is 8.91. The van der Waals surface area contributed by atoms with Crippen molar-refractivity contribution >= 4 is 44.6 Å². The molecule has 5 rings (SSSR count). The van der Waals surface area contributed by atoms with Gasteiger partial charge in [-0.2, -0.15) is 0 Å². The second-order valence-corrected chi connectivity index (χ2v) is 8.15. The number of carboxylic acid groups (broad SMARTS) is 1. The van der Waals surface area contributed by atoms with E-state index in [4.69, 9.17) is 0 Å². The Labute approximate surface area is 164 Å². The van der Waals surface area contributed by atoms with Gasteiger partial charge >= 0.3 is 6.09 Å². The highest BCUT2D eigenvalue weighted by molar-refractivity contribution is 9.10. The maximum atomic E-state index is 11.3. The van der Waals surface area contributed by atoms with E-state index in [0.29, 0.717) is 13.1 Å². The van der Waals surface area contributed by atoms with Crippen LogP contribution < -0.4 is 4.90 Å². The second-order valence-electron chi connectivity index (χ2n) is 7.23. The summed E-state index contributed by atoms with van der Waals surface area (Å²) in [5.74, 6) is 0.891. The van der Waals surface area contributed by atoms with E-state index < -0.39 is 6.09 Å². The van der Waals surface area contributed by atoms with E-state index in [9.17, 15) is 9.90 Å². The topological polar surface area (TPSA) is 85.3 Å². The van der Waals surface area contributed by atoms with Crippen LogP contribution in [0.25, 0.3) is 11.0 Å². The van der Waals surface area contributed by atoms with Crippen LogP contribution in [-0.2, 0) is 5.41 Å². The monoisotopic (exact) mass is 427 g/mol. The van der Waals surface area contributed by atoms with Crippen LogP contribution in [0, 0.1) is 0 Å². The van der Waals surface area contributed by atoms with Gasteiger partial charge < -0.3 is 19.9 Å². The minimum absolute atomic E-state index is 0.0708. The van der Waals surface area contributed by atoms with E-state index in [1.54, 1.807) is 6.33 Å². The summed E-state index contributed by atoms with van der Waals surface area (Å²) in [4.78, 5) is 27.2. The number of rotatable bonds is 1. The van der Waals surface area contributed by atoms with Gasteiger partial charge in [0.15, 0.2) is 0 Å². The first-order valence-corrected chi connectivity index (χ1v) is 9.70. The van der Waals surface area contributed by atoms with E-state index in [1.165, 1.54) is 10.5 Å². The molecule has 8 heteroatoms. The van der Waals surface area contributed by atoms with Crippen molar-refractivity contribution in [2.75, 3.05) is 24.5 Å². The van der Waals surface area contributed by atoms with Crippen molar-refractivity contribution in [3.05, 3.63) is 46.8 Å². The minimum Gasteiger partial charge on any atom is -0.465 e. The van der Waals surface area contributed by atoms with Gasteiger partial charge in [0.25, 0.3) is 0 Å². The van der Waals surface area contributed by atoms with Crippen molar-refractivity contribution in [3.8, 4) is 0 Å². The average molecular weight is 428 g/mol. The molecule has 0 unspecified atom stereocenters. The predicted molar refractivity (Wildman–Crippen MR) is 106 cm³/mol. The number of hydrogen-bond acceptors (Lipinski definition) is 4. The molecule has 2 aliphatic rings. The molecule has 2 N–H and O–H groups in total. The van der Waals surface area contributed by atoms with Crippen LogP contribution >= 0.6 is 15.9 Å².